The molecule has 7 heteroatoms. The van der Waals surface area contributed by atoms with Crippen LogP contribution in [0.1, 0.15) is 38.5 Å². The summed E-state index contributed by atoms with van der Waals surface area (Å²) in [5.41, 5.74) is 0. The number of sulfone groups is 1. The molecule has 0 radical (unpaired) electrons. The second-order valence-electron chi connectivity index (χ2n) is 7.68. The minimum atomic E-state index is -2.90. The lowest BCUT2D eigenvalue weighted by molar-refractivity contribution is -0.132. The van der Waals surface area contributed by atoms with Crippen molar-refractivity contribution in [3.8, 4) is 0 Å². The second-order valence-corrected chi connectivity index (χ2v) is 9.91. The van der Waals surface area contributed by atoms with Crippen LogP contribution in [0.3, 0.4) is 0 Å². The van der Waals surface area contributed by atoms with Crippen molar-refractivity contribution in [1.29, 1.82) is 0 Å². The van der Waals surface area contributed by atoms with Gasteiger partial charge in [-0.2, -0.15) is 0 Å². The number of hydrogen-bond acceptors (Lipinski definition) is 5. The van der Waals surface area contributed by atoms with E-state index < -0.39 is 9.84 Å². The predicted molar refractivity (Wildman–Crippen MR) is 94.7 cm³/mol. The molecule has 24 heavy (non-hydrogen) atoms. The van der Waals surface area contributed by atoms with Crippen LogP contribution >= 0.6 is 0 Å². The average Bonchev–Trinajstić information content (AvgIpc) is 3.11. The van der Waals surface area contributed by atoms with Crippen LogP contribution in [-0.2, 0) is 14.6 Å². The molecule has 0 aromatic heterocycles. The van der Waals surface area contributed by atoms with Gasteiger partial charge in [0.05, 0.1) is 18.1 Å². The molecule has 6 nitrogen and oxygen atoms in total. The van der Waals surface area contributed by atoms with Crippen LogP contribution in [0, 0.1) is 0 Å². The Kier molecular flexibility index (Phi) is 5.82. The number of likely N-dealkylation sites (N-methyl/N-ethyl adjacent to an activating group) is 1. The first kappa shape index (κ1) is 18.1. The summed E-state index contributed by atoms with van der Waals surface area (Å²) in [5.74, 6) is 0.609. The summed E-state index contributed by atoms with van der Waals surface area (Å²) in [6, 6.07) is 0.729. The van der Waals surface area contributed by atoms with E-state index in [2.05, 4.69) is 4.90 Å². The fourth-order valence-electron chi connectivity index (χ4n) is 4.39. The van der Waals surface area contributed by atoms with Crippen LogP contribution < -0.4 is 0 Å². The van der Waals surface area contributed by atoms with Gasteiger partial charge in [0.2, 0.25) is 5.91 Å². The third kappa shape index (κ3) is 4.49. The highest BCUT2D eigenvalue weighted by Crippen LogP contribution is 2.24. The summed E-state index contributed by atoms with van der Waals surface area (Å²) >= 11 is 0. The lowest BCUT2D eigenvalue weighted by Crippen LogP contribution is -2.44. The molecule has 138 valence electrons. The molecule has 3 aliphatic rings. The fourth-order valence-corrected chi connectivity index (χ4v) is 6.19. The Morgan fingerprint density at radius 1 is 1.04 bits per heavy atom. The van der Waals surface area contributed by atoms with Crippen molar-refractivity contribution in [2.24, 2.45) is 0 Å². The van der Waals surface area contributed by atoms with Crippen molar-refractivity contribution in [2.45, 2.75) is 50.6 Å². The van der Waals surface area contributed by atoms with E-state index in [1.807, 2.05) is 16.8 Å². The minimum Gasteiger partial charge on any atom is -0.340 e. The molecule has 2 heterocycles. The Balaban J connectivity index is 1.48. The monoisotopic (exact) mass is 357 g/mol. The Morgan fingerprint density at radius 3 is 2.46 bits per heavy atom. The molecule has 3 fully saturated rings. The molecule has 0 N–H and O–H groups in total. The Bertz CT molecular complexity index is 545. The van der Waals surface area contributed by atoms with Crippen molar-refractivity contribution >= 4 is 15.7 Å². The Hall–Kier alpha value is -0.660. The van der Waals surface area contributed by atoms with Crippen molar-refractivity contribution < 1.29 is 13.2 Å². The summed E-state index contributed by atoms with van der Waals surface area (Å²) in [6.45, 7) is 4.07. The molecule has 0 aromatic carbocycles. The second kappa shape index (κ2) is 7.70. The number of hydrogen-bond donors (Lipinski definition) is 0. The van der Waals surface area contributed by atoms with E-state index in [9.17, 15) is 13.2 Å². The summed E-state index contributed by atoms with van der Waals surface area (Å²) in [4.78, 5) is 19.1. The fraction of sp³-hybridized carbons (Fsp3) is 0.941. The quantitative estimate of drug-likeness (QED) is 0.737. The van der Waals surface area contributed by atoms with E-state index in [1.54, 1.807) is 0 Å². The van der Waals surface area contributed by atoms with Crippen LogP contribution in [0.25, 0.3) is 0 Å². The van der Waals surface area contributed by atoms with Crippen molar-refractivity contribution in [1.82, 2.24) is 14.7 Å². The molecule has 1 saturated carbocycles. The van der Waals surface area contributed by atoms with Gasteiger partial charge in [-0.25, -0.2) is 8.42 Å². The van der Waals surface area contributed by atoms with Gasteiger partial charge in [0.1, 0.15) is 0 Å². The van der Waals surface area contributed by atoms with Crippen LogP contribution in [-0.4, -0.2) is 92.4 Å². The summed E-state index contributed by atoms with van der Waals surface area (Å²) < 4.78 is 23.2. The number of carbonyl (C=O) groups excluding carboxylic acids is 1. The van der Waals surface area contributed by atoms with Crippen LogP contribution in [0.5, 0.6) is 0 Å². The van der Waals surface area contributed by atoms with Gasteiger partial charge in [0.15, 0.2) is 9.84 Å². The lowest BCUT2D eigenvalue weighted by Gasteiger charge is -2.28. The van der Waals surface area contributed by atoms with E-state index >= 15 is 0 Å². The molecule has 1 amide bonds. The largest absolute Gasteiger partial charge is 0.340 e. The molecule has 2 aliphatic heterocycles. The van der Waals surface area contributed by atoms with E-state index in [-0.39, 0.29) is 23.5 Å². The smallest absolute Gasteiger partial charge is 0.236 e. The summed E-state index contributed by atoms with van der Waals surface area (Å²) in [5, 5.41) is 0. The maximum atomic E-state index is 12.6. The lowest BCUT2D eigenvalue weighted by atomic mass is 10.2. The topological polar surface area (TPSA) is 60.9 Å². The zero-order valence-corrected chi connectivity index (χ0v) is 15.6. The van der Waals surface area contributed by atoms with E-state index in [1.165, 1.54) is 25.7 Å². The molecular formula is C17H31N3O3S. The van der Waals surface area contributed by atoms with Crippen LogP contribution in [0.15, 0.2) is 0 Å². The molecular weight excluding hydrogens is 326 g/mol. The number of carbonyl (C=O) groups is 1. The molecule has 1 aliphatic carbocycles. The highest BCUT2D eigenvalue weighted by molar-refractivity contribution is 7.91. The Morgan fingerprint density at radius 2 is 1.79 bits per heavy atom. The van der Waals surface area contributed by atoms with Gasteiger partial charge in [-0.05, 0) is 32.7 Å². The van der Waals surface area contributed by atoms with E-state index in [4.69, 9.17) is 0 Å². The molecule has 1 atom stereocenters. The zero-order valence-electron chi connectivity index (χ0n) is 14.8. The molecule has 0 spiro atoms. The molecule has 2 saturated heterocycles. The molecule has 0 aromatic rings. The van der Waals surface area contributed by atoms with Crippen molar-refractivity contribution in [2.75, 3.05) is 51.3 Å². The number of nitrogens with zero attached hydrogens (tertiary/aromatic N) is 3. The third-order valence-corrected chi connectivity index (χ3v) is 7.69. The molecule has 1 unspecified atom stereocenters. The van der Waals surface area contributed by atoms with Gasteiger partial charge in [-0.15, -0.1) is 0 Å². The SMILES string of the molecule is CN(CC(=O)N1CCCN(C2CCCC2)CC1)C1CCS(=O)(=O)C1. The van der Waals surface area contributed by atoms with Gasteiger partial charge < -0.3 is 4.90 Å². The van der Waals surface area contributed by atoms with Gasteiger partial charge in [-0.3, -0.25) is 14.6 Å². The normalized spacial score (nSPS) is 29.2. The minimum absolute atomic E-state index is 0.000848. The summed E-state index contributed by atoms with van der Waals surface area (Å²) in [7, 11) is -1.02. The number of amides is 1. The Labute approximate surface area is 146 Å². The highest BCUT2D eigenvalue weighted by atomic mass is 32.2. The van der Waals surface area contributed by atoms with Gasteiger partial charge in [0.25, 0.3) is 0 Å². The molecule has 0 bridgehead atoms. The van der Waals surface area contributed by atoms with Gasteiger partial charge in [0, 0.05) is 38.3 Å². The van der Waals surface area contributed by atoms with Crippen LogP contribution in [0.4, 0.5) is 0 Å². The first-order valence-corrected chi connectivity index (χ1v) is 11.2. The molecule has 3 rings (SSSR count). The van der Waals surface area contributed by atoms with Gasteiger partial charge in [-0.1, -0.05) is 12.8 Å². The maximum absolute atomic E-state index is 12.6. The van der Waals surface area contributed by atoms with Crippen molar-refractivity contribution in [3.05, 3.63) is 0 Å². The van der Waals surface area contributed by atoms with E-state index in [0.717, 1.165) is 38.6 Å². The van der Waals surface area contributed by atoms with Crippen molar-refractivity contribution in [3.63, 3.8) is 0 Å². The number of rotatable bonds is 4. The highest BCUT2D eigenvalue weighted by Gasteiger charge is 2.32. The third-order valence-electron chi connectivity index (χ3n) is 5.94. The first-order valence-electron chi connectivity index (χ1n) is 9.37. The zero-order chi connectivity index (χ0) is 17.2. The van der Waals surface area contributed by atoms with Crippen LogP contribution in [0.2, 0.25) is 0 Å². The predicted octanol–water partition coefficient (Wildman–Crippen LogP) is 0.582. The average molecular weight is 358 g/mol. The van der Waals surface area contributed by atoms with E-state index in [0.29, 0.717) is 13.0 Å². The standard InChI is InChI=1S/C17H31N3O3S/c1-18(16-7-12-24(22,23)14-16)13-17(21)20-9-4-8-19(10-11-20)15-5-2-3-6-15/h15-16H,2-14H2,1H3. The first-order chi connectivity index (χ1) is 11.4. The van der Waals surface area contributed by atoms with Gasteiger partial charge >= 0.3 is 0 Å². The summed E-state index contributed by atoms with van der Waals surface area (Å²) in [6.07, 6.45) is 7.02. The maximum Gasteiger partial charge on any atom is 0.236 e.